The maximum Gasteiger partial charge on any atom is 0.459 e. The Morgan fingerprint density at radius 1 is 1.00 bits per heavy atom. The Morgan fingerprint density at radius 3 is 2.33 bits per heavy atom. The molecule has 1 atom stereocenters. The van der Waals surface area contributed by atoms with E-state index in [1.807, 2.05) is 42.5 Å². The minimum absolute atomic E-state index is 0.255. The van der Waals surface area contributed by atoms with Gasteiger partial charge in [-0.2, -0.15) is 0 Å². The third kappa shape index (κ3) is 2.03. The van der Waals surface area contributed by atoms with Gasteiger partial charge in [0.05, 0.1) is 0 Å². The van der Waals surface area contributed by atoms with E-state index in [4.69, 9.17) is 10.0 Å². The second-order valence-corrected chi connectivity index (χ2v) is 3.81. The van der Waals surface area contributed by atoms with Crippen LogP contribution in [0, 0.1) is 0 Å². The molecule has 0 heterocycles. The van der Waals surface area contributed by atoms with E-state index in [1.54, 1.807) is 6.92 Å². The molecule has 0 spiro atoms. The molecule has 2 aromatic rings. The van der Waals surface area contributed by atoms with Gasteiger partial charge in [-0.25, -0.2) is 0 Å². The number of hydrogen-bond acceptors (Lipinski definition) is 2. The van der Waals surface area contributed by atoms with Gasteiger partial charge >= 0.3 is 7.12 Å². The number of fused-ring (bicyclic) bond motifs is 1. The summed E-state index contributed by atoms with van der Waals surface area (Å²) in [5.41, 5.74) is 0.948. The lowest BCUT2D eigenvalue weighted by Crippen LogP contribution is -2.20. The summed E-state index contributed by atoms with van der Waals surface area (Å²) in [5.74, 6) is -0.255. The van der Waals surface area contributed by atoms with E-state index >= 15 is 0 Å². The molecule has 15 heavy (non-hydrogen) atoms. The van der Waals surface area contributed by atoms with E-state index in [0.717, 1.165) is 10.9 Å². The van der Waals surface area contributed by atoms with E-state index in [2.05, 4.69) is 0 Å². The van der Waals surface area contributed by atoms with E-state index in [1.165, 1.54) is 5.39 Å². The van der Waals surface area contributed by atoms with Crippen LogP contribution in [0.5, 0.6) is 0 Å². The van der Waals surface area contributed by atoms with Crippen LogP contribution in [-0.2, 0) is 0 Å². The maximum absolute atomic E-state index is 9.10. The fourth-order valence-corrected chi connectivity index (χ4v) is 1.66. The topological polar surface area (TPSA) is 40.5 Å². The van der Waals surface area contributed by atoms with E-state index in [9.17, 15) is 0 Å². The van der Waals surface area contributed by atoms with Crippen LogP contribution in [0.4, 0.5) is 0 Å². The van der Waals surface area contributed by atoms with Crippen LogP contribution in [0.25, 0.3) is 10.8 Å². The summed E-state index contributed by atoms with van der Waals surface area (Å²) in [4.78, 5) is 0. The van der Waals surface area contributed by atoms with Gasteiger partial charge in [-0.3, -0.25) is 0 Å². The van der Waals surface area contributed by atoms with Gasteiger partial charge in [0.2, 0.25) is 0 Å². The van der Waals surface area contributed by atoms with Crippen LogP contribution >= 0.6 is 0 Å². The van der Waals surface area contributed by atoms with Crippen molar-refractivity contribution in [1.29, 1.82) is 0 Å². The highest BCUT2D eigenvalue weighted by molar-refractivity contribution is 6.43. The molecule has 0 amide bonds. The van der Waals surface area contributed by atoms with Crippen LogP contribution < -0.4 is 0 Å². The molecule has 0 saturated carbocycles. The molecule has 2 aromatic carbocycles. The molecule has 0 aromatic heterocycles. The second-order valence-electron chi connectivity index (χ2n) is 3.81. The predicted octanol–water partition coefficient (Wildman–Crippen LogP) is 1.96. The summed E-state index contributed by atoms with van der Waals surface area (Å²) < 4.78 is 0. The number of rotatable bonds is 2. The molecule has 3 heteroatoms. The molecule has 0 saturated heterocycles. The van der Waals surface area contributed by atoms with Crippen molar-refractivity contribution in [2.75, 3.05) is 0 Å². The Morgan fingerprint density at radius 2 is 1.67 bits per heavy atom. The minimum atomic E-state index is -1.30. The summed E-state index contributed by atoms with van der Waals surface area (Å²) in [6.07, 6.45) is 0. The third-order valence-corrected chi connectivity index (χ3v) is 2.75. The predicted molar refractivity (Wildman–Crippen MR) is 62.6 cm³/mol. The first-order chi connectivity index (χ1) is 7.18. The van der Waals surface area contributed by atoms with Crippen molar-refractivity contribution < 1.29 is 10.0 Å². The molecule has 2 nitrogen and oxygen atoms in total. The molecule has 0 aliphatic carbocycles. The molecule has 2 N–H and O–H groups in total. The summed E-state index contributed by atoms with van der Waals surface area (Å²) in [6.45, 7) is 1.80. The highest BCUT2D eigenvalue weighted by Gasteiger charge is 2.19. The van der Waals surface area contributed by atoms with Crippen molar-refractivity contribution in [3.05, 3.63) is 48.0 Å². The zero-order chi connectivity index (χ0) is 10.8. The number of hydrogen-bond donors (Lipinski definition) is 2. The van der Waals surface area contributed by atoms with Gasteiger partial charge in [-0.1, -0.05) is 49.4 Å². The molecule has 2 rings (SSSR count). The highest BCUT2D eigenvalue weighted by Crippen LogP contribution is 2.21. The Hall–Kier alpha value is -1.32. The zero-order valence-corrected chi connectivity index (χ0v) is 8.59. The Balaban J connectivity index is 2.47. The van der Waals surface area contributed by atoms with Crippen molar-refractivity contribution in [2.45, 2.75) is 12.7 Å². The highest BCUT2D eigenvalue weighted by atomic mass is 16.4. The van der Waals surface area contributed by atoms with Gasteiger partial charge in [0, 0.05) is 5.82 Å². The minimum Gasteiger partial charge on any atom is -0.427 e. The van der Waals surface area contributed by atoms with E-state index < -0.39 is 7.12 Å². The molecule has 1 unspecified atom stereocenters. The molecule has 0 fully saturated rings. The molecule has 0 aliphatic heterocycles. The van der Waals surface area contributed by atoms with Gasteiger partial charge in [-0.05, 0) is 16.3 Å². The smallest absolute Gasteiger partial charge is 0.427 e. The maximum atomic E-state index is 9.10. The number of benzene rings is 2. The van der Waals surface area contributed by atoms with Crippen molar-refractivity contribution in [1.82, 2.24) is 0 Å². The monoisotopic (exact) mass is 200 g/mol. The van der Waals surface area contributed by atoms with Crippen LogP contribution in [0.1, 0.15) is 18.3 Å². The zero-order valence-electron chi connectivity index (χ0n) is 8.59. The van der Waals surface area contributed by atoms with E-state index in [0.29, 0.717) is 0 Å². The average molecular weight is 200 g/mol. The fourth-order valence-electron chi connectivity index (χ4n) is 1.66. The first kappa shape index (κ1) is 10.2. The molecular formula is C12H13BO2. The lowest BCUT2D eigenvalue weighted by atomic mass is 9.70. The largest absolute Gasteiger partial charge is 0.459 e. The quantitative estimate of drug-likeness (QED) is 0.727. The van der Waals surface area contributed by atoms with Crippen molar-refractivity contribution in [2.24, 2.45) is 0 Å². The summed E-state index contributed by atoms with van der Waals surface area (Å²) in [6, 6.07) is 14.0. The van der Waals surface area contributed by atoms with Gasteiger partial charge in [0.25, 0.3) is 0 Å². The summed E-state index contributed by atoms with van der Waals surface area (Å²) >= 11 is 0. The molecular weight excluding hydrogens is 187 g/mol. The fraction of sp³-hybridized carbons (Fsp3) is 0.167. The van der Waals surface area contributed by atoms with Crippen LogP contribution in [0.15, 0.2) is 42.5 Å². The molecule has 76 valence electrons. The SMILES string of the molecule is CC(B(O)O)c1ccc2ccccc2c1. The molecule has 0 radical (unpaired) electrons. The Bertz CT molecular complexity index is 468. The van der Waals surface area contributed by atoms with Gasteiger partial charge in [0.1, 0.15) is 0 Å². The third-order valence-electron chi connectivity index (χ3n) is 2.75. The first-order valence-corrected chi connectivity index (χ1v) is 5.03. The lowest BCUT2D eigenvalue weighted by Gasteiger charge is -2.11. The van der Waals surface area contributed by atoms with Gasteiger partial charge in [-0.15, -0.1) is 0 Å². The van der Waals surface area contributed by atoms with Crippen molar-refractivity contribution in [3.8, 4) is 0 Å². The van der Waals surface area contributed by atoms with Crippen LogP contribution in [0.3, 0.4) is 0 Å². The summed E-state index contributed by atoms with van der Waals surface area (Å²) in [7, 11) is -1.30. The van der Waals surface area contributed by atoms with Crippen molar-refractivity contribution >= 4 is 17.9 Å². The first-order valence-electron chi connectivity index (χ1n) is 5.03. The Kier molecular flexibility index (Phi) is 2.76. The van der Waals surface area contributed by atoms with Gasteiger partial charge in [0.15, 0.2) is 0 Å². The van der Waals surface area contributed by atoms with Crippen LogP contribution in [0.2, 0.25) is 0 Å². The summed E-state index contributed by atoms with van der Waals surface area (Å²) in [5, 5.41) is 20.5. The van der Waals surface area contributed by atoms with Crippen LogP contribution in [-0.4, -0.2) is 17.2 Å². The van der Waals surface area contributed by atoms with Crippen molar-refractivity contribution in [3.63, 3.8) is 0 Å². The van der Waals surface area contributed by atoms with Gasteiger partial charge < -0.3 is 10.0 Å². The molecule has 0 bridgehead atoms. The normalized spacial score (nSPS) is 12.7. The standard InChI is InChI=1S/C12H13BO2/c1-9(13(14)15)11-7-6-10-4-2-3-5-12(10)8-11/h2-9,14-15H,1H3. The molecule has 0 aliphatic rings. The second kappa shape index (κ2) is 4.05. The lowest BCUT2D eigenvalue weighted by molar-refractivity contribution is 0.392. The van der Waals surface area contributed by atoms with E-state index in [-0.39, 0.29) is 5.82 Å². The Labute approximate surface area is 89.3 Å². The average Bonchev–Trinajstić information content (AvgIpc) is 2.27.